The molecule has 0 bridgehead atoms. The number of aryl methyl sites for hydroxylation is 1. The number of hydrogen-bond acceptors (Lipinski definition) is 3. The molecule has 3 N–H and O–H groups in total. The van der Waals surface area contributed by atoms with Crippen LogP contribution in [0.25, 0.3) is 44.3 Å². The zero-order chi connectivity index (χ0) is 21.7. The van der Waals surface area contributed by atoms with Crippen LogP contribution in [-0.2, 0) is 0 Å². The monoisotopic (exact) mass is 425 g/mol. The van der Waals surface area contributed by atoms with Gasteiger partial charge in [-0.2, -0.15) is 5.10 Å². The molecular weight excluding hydrogens is 401 g/mol. The van der Waals surface area contributed by atoms with E-state index >= 15 is 0 Å². The number of rotatable bonds is 3. The molecule has 1 fully saturated rings. The van der Waals surface area contributed by atoms with Gasteiger partial charge in [-0.15, -0.1) is 0 Å². The van der Waals surface area contributed by atoms with Crippen molar-refractivity contribution in [2.24, 2.45) is 0 Å². The first kappa shape index (κ1) is 19.2. The highest BCUT2D eigenvalue weighted by molar-refractivity contribution is 6.00. The molecule has 1 aliphatic heterocycles. The van der Waals surface area contributed by atoms with E-state index in [-0.39, 0.29) is 5.82 Å². The lowest BCUT2D eigenvalue weighted by Crippen LogP contribution is -2.26. The Morgan fingerprint density at radius 1 is 0.938 bits per heavy atom. The van der Waals surface area contributed by atoms with Crippen molar-refractivity contribution in [3.63, 3.8) is 0 Å². The van der Waals surface area contributed by atoms with E-state index in [2.05, 4.69) is 49.7 Å². The second kappa shape index (κ2) is 7.57. The van der Waals surface area contributed by atoms with Gasteiger partial charge in [0.05, 0.1) is 22.9 Å². The van der Waals surface area contributed by atoms with E-state index in [0.29, 0.717) is 5.92 Å². The van der Waals surface area contributed by atoms with Gasteiger partial charge in [0, 0.05) is 22.5 Å². The molecule has 0 spiro atoms. The molecule has 5 aromatic rings. The quantitative estimate of drug-likeness (QED) is 0.348. The van der Waals surface area contributed by atoms with Crippen LogP contribution in [0.2, 0.25) is 0 Å². The smallest absolute Gasteiger partial charge is 0.124 e. The van der Waals surface area contributed by atoms with Crippen LogP contribution < -0.4 is 5.32 Å². The largest absolute Gasteiger partial charge is 0.352 e. The van der Waals surface area contributed by atoms with Gasteiger partial charge in [0.1, 0.15) is 11.5 Å². The van der Waals surface area contributed by atoms with E-state index in [9.17, 15) is 4.39 Å². The lowest BCUT2D eigenvalue weighted by atomic mass is 9.89. The summed E-state index contributed by atoms with van der Waals surface area (Å²) in [6.45, 7) is 4.04. The van der Waals surface area contributed by atoms with E-state index in [1.807, 2.05) is 19.2 Å². The minimum atomic E-state index is -0.239. The molecule has 0 amide bonds. The topological polar surface area (TPSA) is 69.4 Å². The standard InChI is InChI=1S/C26H24FN5/c1-15-8-18(10-19(27)9-15)22-13-29-14-25-20(22)12-24(30-25)26-21-11-17(2-3-23(21)31-32-26)16-4-6-28-7-5-16/h2-3,8-14,16,28,30H,4-7H2,1H3,(H,31,32). The maximum Gasteiger partial charge on any atom is 0.124 e. The van der Waals surface area contributed by atoms with Gasteiger partial charge in [-0.1, -0.05) is 12.1 Å². The van der Waals surface area contributed by atoms with Crippen LogP contribution in [0.5, 0.6) is 0 Å². The fraction of sp³-hybridized carbons (Fsp3) is 0.231. The highest BCUT2D eigenvalue weighted by Gasteiger charge is 2.18. The van der Waals surface area contributed by atoms with Gasteiger partial charge in [0.25, 0.3) is 0 Å². The molecule has 0 aliphatic carbocycles. The number of halogens is 1. The Hall–Kier alpha value is -3.51. The molecule has 2 aromatic carbocycles. The van der Waals surface area contributed by atoms with Crippen molar-refractivity contribution < 1.29 is 4.39 Å². The van der Waals surface area contributed by atoms with Crippen molar-refractivity contribution >= 4 is 21.8 Å². The molecular formula is C26H24FN5. The molecule has 160 valence electrons. The second-order valence-electron chi connectivity index (χ2n) is 8.75. The van der Waals surface area contributed by atoms with E-state index in [1.54, 1.807) is 12.3 Å². The SMILES string of the molecule is Cc1cc(F)cc(-c2cncc3[nH]c(-c4n[nH]c5ccc(C6CCNCC6)cc45)cc23)c1. The summed E-state index contributed by atoms with van der Waals surface area (Å²) in [7, 11) is 0. The maximum absolute atomic E-state index is 14.1. The fourth-order valence-corrected chi connectivity index (χ4v) is 4.95. The number of aromatic nitrogens is 4. The van der Waals surface area contributed by atoms with Crippen LogP contribution in [0.1, 0.15) is 29.9 Å². The van der Waals surface area contributed by atoms with Gasteiger partial charge >= 0.3 is 0 Å². The van der Waals surface area contributed by atoms with E-state index < -0.39 is 0 Å². The molecule has 0 atom stereocenters. The molecule has 6 rings (SSSR count). The third-order valence-electron chi connectivity index (χ3n) is 6.55. The number of nitrogens with one attached hydrogen (secondary N) is 3. The molecule has 0 radical (unpaired) electrons. The number of fused-ring (bicyclic) bond motifs is 2. The average Bonchev–Trinajstić information content (AvgIpc) is 3.42. The number of nitrogens with zero attached hydrogens (tertiary/aromatic N) is 2. The molecule has 6 heteroatoms. The highest BCUT2D eigenvalue weighted by atomic mass is 19.1. The summed E-state index contributed by atoms with van der Waals surface area (Å²) in [6.07, 6.45) is 5.93. The van der Waals surface area contributed by atoms with Crippen LogP contribution in [0, 0.1) is 12.7 Å². The van der Waals surface area contributed by atoms with Crippen LogP contribution in [0.3, 0.4) is 0 Å². The first-order valence-electron chi connectivity index (χ1n) is 11.1. The molecule has 0 saturated carbocycles. The van der Waals surface area contributed by atoms with Gasteiger partial charge in [0.15, 0.2) is 0 Å². The van der Waals surface area contributed by atoms with Crippen LogP contribution >= 0.6 is 0 Å². The van der Waals surface area contributed by atoms with Crippen molar-refractivity contribution in [3.05, 3.63) is 71.8 Å². The number of pyridine rings is 1. The van der Waals surface area contributed by atoms with Gasteiger partial charge in [-0.25, -0.2) is 4.39 Å². The maximum atomic E-state index is 14.1. The van der Waals surface area contributed by atoms with E-state index in [4.69, 9.17) is 0 Å². The second-order valence-corrected chi connectivity index (χ2v) is 8.75. The first-order valence-corrected chi connectivity index (χ1v) is 11.1. The van der Waals surface area contributed by atoms with Crippen molar-refractivity contribution in [1.29, 1.82) is 0 Å². The molecule has 0 unspecified atom stereocenters. The molecule has 1 aliphatic rings. The minimum absolute atomic E-state index is 0.239. The normalized spacial score (nSPS) is 15.1. The van der Waals surface area contributed by atoms with Crippen molar-refractivity contribution in [3.8, 4) is 22.5 Å². The Morgan fingerprint density at radius 3 is 2.66 bits per heavy atom. The third-order valence-corrected chi connectivity index (χ3v) is 6.55. The van der Waals surface area contributed by atoms with Crippen LogP contribution in [-0.4, -0.2) is 33.3 Å². The minimum Gasteiger partial charge on any atom is -0.352 e. The van der Waals surface area contributed by atoms with Crippen molar-refractivity contribution in [2.75, 3.05) is 13.1 Å². The number of benzene rings is 2. The summed E-state index contributed by atoms with van der Waals surface area (Å²) >= 11 is 0. The average molecular weight is 426 g/mol. The van der Waals surface area contributed by atoms with Gasteiger partial charge < -0.3 is 10.3 Å². The summed E-state index contributed by atoms with van der Waals surface area (Å²) in [5.74, 6) is 0.342. The lowest BCUT2D eigenvalue weighted by molar-refractivity contribution is 0.460. The van der Waals surface area contributed by atoms with Gasteiger partial charge in [0.2, 0.25) is 0 Å². The zero-order valence-corrected chi connectivity index (χ0v) is 17.9. The van der Waals surface area contributed by atoms with Crippen LogP contribution in [0.15, 0.2) is 54.9 Å². The van der Waals surface area contributed by atoms with Gasteiger partial charge in [-0.3, -0.25) is 10.1 Å². The van der Waals surface area contributed by atoms with E-state index in [0.717, 1.165) is 75.8 Å². The number of hydrogen-bond donors (Lipinski definition) is 3. The Morgan fingerprint density at radius 2 is 1.81 bits per heavy atom. The number of aromatic amines is 2. The Bertz CT molecular complexity index is 1420. The Balaban J connectivity index is 1.47. The predicted molar refractivity (Wildman–Crippen MR) is 126 cm³/mol. The van der Waals surface area contributed by atoms with Gasteiger partial charge in [-0.05, 0) is 85.8 Å². The summed E-state index contributed by atoms with van der Waals surface area (Å²) < 4.78 is 14.1. The summed E-state index contributed by atoms with van der Waals surface area (Å²) in [5, 5.41) is 13.4. The number of H-pyrrole nitrogens is 2. The number of piperidine rings is 1. The fourth-order valence-electron chi connectivity index (χ4n) is 4.95. The molecule has 5 nitrogen and oxygen atoms in total. The Labute approximate surface area is 185 Å². The predicted octanol–water partition coefficient (Wildman–Crippen LogP) is 5.69. The molecule has 3 aromatic heterocycles. The molecule has 1 saturated heterocycles. The summed E-state index contributed by atoms with van der Waals surface area (Å²) in [6, 6.07) is 13.8. The van der Waals surface area contributed by atoms with Crippen molar-refractivity contribution in [1.82, 2.24) is 25.5 Å². The molecule has 4 heterocycles. The molecule has 32 heavy (non-hydrogen) atoms. The Kier molecular flexibility index (Phi) is 4.54. The zero-order valence-electron chi connectivity index (χ0n) is 17.9. The van der Waals surface area contributed by atoms with Crippen LogP contribution in [0.4, 0.5) is 4.39 Å². The first-order chi connectivity index (χ1) is 15.7. The highest BCUT2D eigenvalue weighted by Crippen LogP contribution is 2.35. The van der Waals surface area contributed by atoms with E-state index in [1.165, 1.54) is 11.6 Å². The van der Waals surface area contributed by atoms with Crippen molar-refractivity contribution in [2.45, 2.75) is 25.7 Å². The summed E-state index contributed by atoms with van der Waals surface area (Å²) in [5.41, 5.74) is 7.74. The summed E-state index contributed by atoms with van der Waals surface area (Å²) in [4.78, 5) is 7.87. The third kappa shape index (κ3) is 3.28. The lowest BCUT2D eigenvalue weighted by Gasteiger charge is -2.23.